The van der Waals surface area contributed by atoms with Crippen LogP contribution in [-0.2, 0) is 21.1 Å². The number of sulfone groups is 1. The Kier molecular flexibility index (Phi) is 4.65. The molecule has 1 heterocycles. The third kappa shape index (κ3) is 3.52. The minimum absolute atomic E-state index is 0.231. The van der Waals surface area contributed by atoms with E-state index in [9.17, 15) is 18.0 Å². The Bertz CT molecular complexity index is 1140. The molecule has 3 rings (SSSR count). The fourth-order valence-electron chi connectivity index (χ4n) is 2.69. The quantitative estimate of drug-likeness (QED) is 0.657. The number of carbonyl (C=O) groups excluding carboxylic acids is 1. The molecule has 0 aliphatic rings. The highest BCUT2D eigenvalue weighted by atomic mass is 32.2. The van der Waals surface area contributed by atoms with Crippen molar-refractivity contribution in [1.82, 2.24) is 4.57 Å². The van der Waals surface area contributed by atoms with E-state index < -0.39 is 15.8 Å². The second-order valence-corrected chi connectivity index (χ2v) is 7.97. The second kappa shape index (κ2) is 6.76. The average molecular weight is 371 g/mol. The molecule has 0 aliphatic heterocycles. The first-order valence-electron chi connectivity index (χ1n) is 7.80. The maximum atomic E-state index is 12.7. The molecule has 26 heavy (non-hydrogen) atoms. The van der Waals surface area contributed by atoms with Gasteiger partial charge in [-0.3, -0.25) is 4.79 Å². The number of pyridine rings is 1. The molecule has 134 valence electrons. The third-order valence-electron chi connectivity index (χ3n) is 4.10. The molecule has 0 aliphatic carbocycles. The monoisotopic (exact) mass is 371 g/mol. The predicted octanol–water partition coefficient (Wildman–Crippen LogP) is 2.24. The zero-order valence-electron chi connectivity index (χ0n) is 14.3. The van der Waals surface area contributed by atoms with Gasteiger partial charge in [0.25, 0.3) is 5.56 Å². The summed E-state index contributed by atoms with van der Waals surface area (Å²) in [5.41, 5.74) is 0.871. The maximum Gasteiger partial charge on any atom is 0.337 e. The fourth-order valence-corrected chi connectivity index (χ4v) is 3.32. The number of benzene rings is 2. The zero-order chi connectivity index (χ0) is 18.9. The summed E-state index contributed by atoms with van der Waals surface area (Å²) < 4.78 is 29.2. The van der Waals surface area contributed by atoms with Crippen molar-refractivity contribution in [3.63, 3.8) is 0 Å². The summed E-state index contributed by atoms with van der Waals surface area (Å²) in [6.07, 6.45) is 2.82. The number of hydrogen-bond donors (Lipinski definition) is 0. The average Bonchev–Trinajstić information content (AvgIpc) is 2.63. The highest BCUT2D eigenvalue weighted by molar-refractivity contribution is 7.90. The lowest BCUT2D eigenvalue weighted by molar-refractivity contribution is 0.0601. The maximum absolute atomic E-state index is 12.7. The smallest absolute Gasteiger partial charge is 0.337 e. The van der Waals surface area contributed by atoms with Gasteiger partial charge in [0.05, 0.1) is 24.1 Å². The Morgan fingerprint density at radius 2 is 1.77 bits per heavy atom. The Morgan fingerprint density at radius 1 is 1.08 bits per heavy atom. The molecule has 0 saturated carbocycles. The standard InChI is InChI=1S/C19H17NO5S/c1-25-19(22)15-6-5-14-9-10-20(18(21)17(14)11-15)12-13-3-7-16(8-4-13)26(2,23)24/h3-11H,12H2,1-2H3. The molecule has 1 aromatic heterocycles. The Balaban J connectivity index is 1.99. The number of carbonyl (C=O) groups is 1. The van der Waals surface area contributed by atoms with E-state index >= 15 is 0 Å². The van der Waals surface area contributed by atoms with E-state index in [1.807, 2.05) is 0 Å². The van der Waals surface area contributed by atoms with E-state index in [1.54, 1.807) is 36.5 Å². The van der Waals surface area contributed by atoms with E-state index in [1.165, 1.54) is 29.9 Å². The molecule has 0 bridgehead atoms. The molecule has 0 unspecified atom stereocenters. The van der Waals surface area contributed by atoms with Gasteiger partial charge in [-0.2, -0.15) is 0 Å². The number of fused-ring (bicyclic) bond motifs is 1. The van der Waals surface area contributed by atoms with Crippen LogP contribution in [0.25, 0.3) is 10.8 Å². The molecule has 2 aromatic carbocycles. The minimum atomic E-state index is -3.26. The van der Waals surface area contributed by atoms with Crippen LogP contribution in [0.1, 0.15) is 15.9 Å². The summed E-state index contributed by atoms with van der Waals surface area (Å²) >= 11 is 0. The number of aromatic nitrogens is 1. The molecule has 0 radical (unpaired) electrons. The van der Waals surface area contributed by atoms with Crippen molar-refractivity contribution in [2.45, 2.75) is 11.4 Å². The van der Waals surface area contributed by atoms with Crippen LogP contribution in [0.15, 0.2) is 64.4 Å². The van der Waals surface area contributed by atoms with E-state index in [0.717, 1.165) is 17.2 Å². The van der Waals surface area contributed by atoms with Crippen LogP contribution in [0, 0.1) is 0 Å². The third-order valence-corrected chi connectivity index (χ3v) is 5.23. The van der Waals surface area contributed by atoms with Gasteiger partial charge in [-0.1, -0.05) is 18.2 Å². The van der Waals surface area contributed by atoms with E-state index in [4.69, 9.17) is 4.74 Å². The van der Waals surface area contributed by atoms with Crippen molar-refractivity contribution in [2.75, 3.05) is 13.4 Å². The second-order valence-electron chi connectivity index (χ2n) is 5.96. The molecule has 0 fully saturated rings. The van der Waals surface area contributed by atoms with Crippen molar-refractivity contribution in [3.8, 4) is 0 Å². The van der Waals surface area contributed by atoms with Crippen molar-refractivity contribution in [3.05, 3.63) is 76.2 Å². The molecule has 3 aromatic rings. The lowest BCUT2D eigenvalue weighted by Gasteiger charge is -2.09. The van der Waals surface area contributed by atoms with Crippen LogP contribution in [0.4, 0.5) is 0 Å². The Hall–Kier alpha value is -2.93. The van der Waals surface area contributed by atoms with Crippen molar-refractivity contribution in [1.29, 1.82) is 0 Å². The minimum Gasteiger partial charge on any atom is -0.465 e. The first kappa shape index (κ1) is 17.9. The lowest BCUT2D eigenvalue weighted by Crippen LogP contribution is -2.20. The van der Waals surface area contributed by atoms with Gasteiger partial charge in [-0.15, -0.1) is 0 Å². The lowest BCUT2D eigenvalue weighted by atomic mass is 10.1. The van der Waals surface area contributed by atoms with Crippen molar-refractivity contribution >= 4 is 26.6 Å². The van der Waals surface area contributed by atoms with Crippen molar-refractivity contribution < 1.29 is 17.9 Å². The van der Waals surface area contributed by atoms with Crippen LogP contribution in [-0.4, -0.2) is 32.3 Å². The molecule has 0 N–H and O–H groups in total. The molecule has 0 atom stereocenters. The molecule has 0 saturated heterocycles. The van der Waals surface area contributed by atoms with Gasteiger partial charge in [0.2, 0.25) is 0 Å². The summed E-state index contributed by atoms with van der Waals surface area (Å²) in [5.74, 6) is -0.502. The summed E-state index contributed by atoms with van der Waals surface area (Å²) in [4.78, 5) is 24.6. The van der Waals surface area contributed by atoms with Gasteiger partial charge in [0.1, 0.15) is 0 Å². The normalized spacial score (nSPS) is 11.5. The fraction of sp³-hybridized carbons (Fsp3) is 0.158. The van der Waals surface area contributed by atoms with Gasteiger partial charge in [0.15, 0.2) is 9.84 Å². The SMILES string of the molecule is COC(=O)c1ccc2ccn(Cc3ccc(S(C)(=O)=O)cc3)c(=O)c2c1. The van der Waals surface area contributed by atoms with E-state index in [0.29, 0.717) is 17.5 Å². The van der Waals surface area contributed by atoms with E-state index in [-0.39, 0.29) is 10.5 Å². The number of nitrogens with zero attached hydrogens (tertiary/aromatic N) is 1. The molecule has 7 heteroatoms. The molecular weight excluding hydrogens is 354 g/mol. The summed E-state index contributed by atoms with van der Waals surface area (Å²) in [6.45, 7) is 0.293. The molecule has 0 amide bonds. The summed E-state index contributed by atoms with van der Waals surface area (Å²) in [5, 5.41) is 1.15. The Morgan fingerprint density at radius 3 is 2.38 bits per heavy atom. The predicted molar refractivity (Wildman–Crippen MR) is 98.2 cm³/mol. The molecule has 6 nitrogen and oxygen atoms in total. The molecule has 0 spiro atoms. The highest BCUT2D eigenvalue weighted by Gasteiger charge is 2.10. The Labute approximate surface area is 150 Å². The first-order valence-corrected chi connectivity index (χ1v) is 9.69. The van der Waals surface area contributed by atoms with Crippen molar-refractivity contribution in [2.24, 2.45) is 0 Å². The summed E-state index contributed by atoms with van der Waals surface area (Å²) in [7, 11) is -1.97. The number of rotatable bonds is 4. The van der Waals surface area contributed by atoms with Crippen LogP contribution in [0.3, 0.4) is 0 Å². The van der Waals surface area contributed by atoms with Crippen LogP contribution in [0.5, 0.6) is 0 Å². The van der Waals surface area contributed by atoms with Gasteiger partial charge in [0, 0.05) is 17.8 Å². The van der Waals surface area contributed by atoms with E-state index in [2.05, 4.69) is 0 Å². The largest absolute Gasteiger partial charge is 0.465 e. The number of methoxy groups -OCH3 is 1. The number of hydrogen-bond acceptors (Lipinski definition) is 5. The van der Waals surface area contributed by atoms with Gasteiger partial charge < -0.3 is 9.30 Å². The van der Waals surface area contributed by atoms with Crippen LogP contribution >= 0.6 is 0 Å². The number of ether oxygens (including phenoxy) is 1. The van der Waals surface area contributed by atoms with Gasteiger partial charge in [-0.25, -0.2) is 13.2 Å². The highest BCUT2D eigenvalue weighted by Crippen LogP contribution is 2.15. The molecular formula is C19H17NO5S. The van der Waals surface area contributed by atoms with Crippen LogP contribution < -0.4 is 5.56 Å². The first-order chi connectivity index (χ1) is 12.3. The summed E-state index contributed by atoms with van der Waals surface area (Å²) in [6, 6.07) is 13.0. The topological polar surface area (TPSA) is 82.4 Å². The van der Waals surface area contributed by atoms with Gasteiger partial charge in [-0.05, 0) is 41.3 Å². The number of esters is 1. The van der Waals surface area contributed by atoms with Crippen LogP contribution in [0.2, 0.25) is 0 Å². The zero-order valence-corrected chi connectivity index (χ0v) is 15.1. The van der Waals surface area contributed by atoms with Gasteiger partial charge >= 0.3 is 5.97 Å².